The molecule has 7 heteroatoms. The second kappa shape index (κ2) is 8.33. The van der Waals surface area contributed by atoms with Crippen LogP contribution in [0.15, 0.2) is 48.5 Å². The fraction of sp³-hybridized carbons (Fsp3) is 0.316. The van der Waals surface area contributed by atoms with Crippen LogP contribution in [-0.4, -0.2) is 55.2 Å². The standard InChI is InChI=1S/C19H24N4O3/c20-15-1-5-17(6-2-15)25-13-11-22-9-10-23(19(22)24)12-14-26-18-7-3-16(21)4-8-18/h1-8H,9-14,20-21H2. The number of nitrogens with zero attached hydrogens (tertiary/aromatic N) is 2. The van der Waals surface area contributed by atoms with Crippen molar-refractivity contribution in [3.8, 4) is 11.5 Å². The summed E-state index contributed by atoms with van der Waals surface area (Å²) in [5, 5.41) is 0. The largest absolute Gasteiger partial charge is 0.492 e. The summed E-state index contributed by atoms with van der Waals surface area (Å²) in [4.78, 5) is 16.0. The molecule has 1 aliphatic heterocycles. The van der Waals surface area contributed by atoms with Gasteiger partial charge in [0, 0.05) is 24.5 Å². The number of amides is 2. The fourth-order valence-corrected chi connectivity index (χ4v) is 2.72. The lowest BCUT2D eigenvalue weighted by molar-refractivity contribution is 0.175. The number of carbonyl (C=O) groups excluding carboxylic acids is 1. The lowest BCUT2D eigenvalue weighted by atomic mass is 10.3. The van der Waals surface area contributed by atoms with Gasteiger partial charge in [0.05, 0.1) is 13.1 Å². The van der Waals surface area contributed by atoms with Crippen LogP contribution in [0.4, 0.5) is 16.2 Å². The summed E-state index contributed by atoms with van der Waals surface area (Å²) >= 11 is 0. The van der Waals surface area contributed by atoms with Crippen LogP contribution >= 0.6 is 0 Å². The first-order valence-corrected chi connectivity index (χ1v) is 8.62. The Morgan fingerprint density at radius 1 is 0.731 bits per heavy atom. The predicted molar refractivity (Wildman–Crippen MR) is 101 cm³/mol. The van der Waals surface area contributed by atoms with Crippen LogP contribution < -0.4 is 20.9 Å². The van der Waals surface area contributed by atoms with E-state index in [1.807, 2.05) is 24.3 Å². The molecule has 2 amide bonds. The third-order valence-corrected chi connectivity index (χ3v) is 4.20. The number of anilines is 2. The van der Waals surface area contributed by atoms with E-state index in [1.165, 1.54) is 0 Å². The van der Waals surface area contributed by atoms with E-state index in [0.29, 0.717) is 50.8 Å². The average molecular weight is 356 g/mol. The maximum Gasteiger partial charge on any atom is 0.320 e. The lowest BCUT2D eigenvalue weighted by Gasteiger charge is -2.19. The van der Waals surface area contributed by atoms with E-state index in [-0.39, 0.29) is 6.03 Å². The van der Waals surface area contributed by atoms with Crippen molar-refractivity contribution in [2.45, 2.75) is 0 Å². The summed E-state index contributed by atoms with van der Waals surface area (Å²) in [5.41, 5.74) is 12.7. The van der Waals surface area contributed by atoms with Crippen LogP contribution in [-0.2, 0) is 0 Å². The average Bonchev–Trinajstić information content (AvgIpc) is 2.99. The number of hydrogen-bond donors (Lipinski definition) is 2. The zero-order valence-corrected chi connectivity index (χ0v) is 14.6. The van der Waals surface area contributed by atoms with Gasteiger partial charge in [0.15, 0.2) is 0 Å². The number of carbonyl (C=O) groups is 1. The van der Waals surface area contributed by atoms with Gasteiger partial charge in [-0.25, -0.2) is 4.79 Å². The highest BCUT2D eigenvalue weighted by molar-refractivity contribution is 5.76. The molecular weight excluding hydrogens is 332 g/mol. The normalized spacial score (nSPS) is 13.9. The summed E-state index contributed by atoms with van der Waals surface area (Å²) in [7, 11) is 0. The molecule has 0 aliphatic carbocycles. The maximum atomic E-state index is 12.4. The smallest absolute Gasteiger partial charge is 0.320 e. The molecule has 2 aromatic carbocycles. The molecule has 0 spiro atoms. The zero-order valence-electron chi connectivity index (χ0n) is 14.6. The molecule has 0 aromatic heterocycles. The van der Waals surface area contributed by atoms with Crippen molar-refractivity contribution in [1.82, 2.24) is 9.80 Å². The van der Waals surface area contributed by atoms with E-state index >= 15 is 0 Å². The molecule has 0 unspecified atom stereocenters. The summed E-state index contributed by atoms with van der Waals surface area (Å²) < 4.78 is 11.3. The van der Waals surface area contributed by atoms with Gasteiger partial charge in [0.2, 0.25) is 0 Å². The maximum absolute atomic E-state index is 12.4. The Bertz CT molecular complexity index is 657. The quantitative estimate of drug-likeness (QED) is 0.706. The number of rotatable bonds is 8. The number of benzene rings is 2. The van der Waals surface area contributed by atoms with E-state index in [4.69, 9.17) is 20.9 Å². The van der Waals surface area contributed by atoms with E-state index in [0.717, 1.165) is 11.5 Å². The molecule has 1 fully saturated rings. The van der Waals surface area contributed by atoms with E-state index < -0.39 is 0 Å². The number of urea groups is 1. The Balaban J connectivity index is 1.37. The molecule has 7 nitrogen and oxygen atoms in total. The van der Waals surface area contributed by atoms with Crippen molar-refractivity contribution in [2.24, 2.45) is 0 Å². The van der Waals surface area contributed by atoms with Gasteiger partial charge in [-0.1, -0.05) is 0 Å². The van der Waals surface area contributed by atoms with Crippen LogP contribution in [0.2, 0.25) is 0 Å². The Morgan fingerprint density at radius 2 is 1.12 bits per heavy atom. The van der Waals surface area contributed by atoms with Gasteiger partial charge in [-0.05, 0) is 48.5 Å². The number of hydrogen-bond acceptors (Lipinski definition) is 5. The molecule has 1 aliphatic rings. The third-order valence-electron chi connectivity index (χ3n) is 4.20. The highest BCUT2D eigenvalue weighted by Gasteiger charge is 2.27. The highest BCUT2D eigenvalue weighted by atomic mass is 16.5. The van der Waals surface area contributed by atoms with Crippen molar-refractivity contribution in [3.05, 3.63) is 48.5 Å². The van der Waals surface area contributed by atoms with Crippen LogP contribution in [0.3, 0.4) is 0 Å². The minimum atomic E-state index is 0.0202. The third kappa shape index (κ3) is 4.72. The zero-order chi connectivity index (χ0) is 18.4. The van der Waals surface area contributed by atoms with Gasteiger partial charge in [-0.3, -0.25) is 0 Å². The molecule has 0 atom stereocenters. The first-order valence-electron chi connectivity index (χ1n) is 8.62. The van der Waals surface area contributed by atoms with Gasteiger partial charge in [-0.15, -0.1) is 0 Å². The van der Waals surface area contributed by atoms with Crippen molar-refractivity contribution in [3.63, 3.8) is 0 Å². The fourth-order valence-electron chi connectivity index (χ4n) is 2.72. The minimum Gasteiger partial charge on any atom is -0.492 e. The van der Waals surface area contributed by atoms with E-state index in [1.54, 1.807) is 34.1 Å². The monoisotopic (exact) mass is 356 g/mol. The predicted octanol–water partition coefficient (Wildman–Crippen LogP) is 2.05. The van der Waals surface area contributed by atoms with Gasteiger partial charge >= 0.3 is 6.03 Å². The van der Waals surface area contributed by atoms with E-state index in [2.05, 4.69) is 0 Å². The first kappa shape index (κ1) is 17.7. The summed E-state index contributed by atoms with van der Waals surface area (Å²) in [6, 6.07) is 14.5. The summed E-state index contributed by atoms with van der Waals surface area (Å²) in [6.45, 7) is 3.41. The Hall–Kier alpha value is -3.09. The molecule has 4 N–H and O–H groups in total. The van der Waals surface area contributed by atoms with Crippen molar-refractivity contribution in [2.75, 3.05) is 50.9 Å². The molecular formula is C19H24N4O3. The number of ether oxygens (including phenoxy) is 2. The van der Waals surface area contributed by atoms with Crippen molar-refractivity contribution >= 4 is 17.4 Å². The van der Waals surface area contributed by atoms with E-state index in [9.17, 15) is 4.79 Å². The molecule has 1 heterocycles. The first-order chi connectivity index (χ1) is 12.6. The highest BCUT2D eigenvalue weighted by Crippen LogP contribution is 2.15. The topological polar surface area (TPSA) is 94.1 Å². The van der Waals surface area contributed by atoms with Gasteiger partial charge in [0.1, 0.15) is 24.7 Å². The van der Waals surface area contributed by atoms with Crippen LogP contribution in [0, 0.1) is 0 Å². The summed E-state index contributed by atoms with van der Waals surface area (Å²) in [5.74, 6) is 1.50. The SMILES string of the molecule is Nc1ccc(OCCN2CCN(CCOc3ccc(N)cc3)C2=O)cc1. The lowest BCUT2D eigenvalue weighted by Crippen LogP contribution is -2.36. The van der Waals surface area contributed by atoms with Crippen LogP contribution in [0.25, 0.3) is 0 Å². The molecule has 2 aromatic rings. The summed E-state index contributed by atoms with van der Waals surface area (Å²) in [6.07, 6.45) is 0. The Morgan fingerprint density at radius 3 is 1.50 bits per heavy atom. The Labute approximate surface area is 153 Å². The van der Waals surface area contributed by atoms with Crippen LogP contribution in [0.1, 0.15) is 0 Å². The molecule has 0 saturated carbocycles. The molecule has 3 rings (SSSR count). The second-order valence-corrected chi connectivity index (χ2v) is 6.09. The molecule has 0 bridgehead atoms. The van der Waals surface area contributed by atoms with Gasteiger partial charge < -0.3 is 30.7 Å². The van der Waals surface area contributed by atoms with Crippen molar-refractivity contribution in [1.29, 1.82) is 0 Å². The van der Waals surface area contributed by atoms with Crippen molar-refractivity contribution < 1.29 is 14.3 Å². The number of nitrogen functional groups attached to an aromatic ring is 2. The molecule has 26 heavy (non-hydrogen) atoms. The van der Waals surface area contributed by atoms with Gasteiger partial charge in [0.25, 0.3) is 0 Å². The molecule has 0 radical (unpaired) electrons. The Kier molecular flexibility index (Phi) is 5.68. The molecule has 138 valence electrons. The van der Waals surface area contributed by atoms with Gasteiger partial charge in [-0.2, -0.15) is 0 Å². The molecule has 1 saturated heterocycles. The van der Waals surface area contributed by atoms with Crippen LogP contribution in [0.5, 0.6) is 11.5 Å². The second-order valence-electron chi connectivity index (χ2n) is 6.09. The minimum absolute atomic E-state index is 0.0202. The number of nitrogens with two attached hydrogens (primary N) is 2.